The summed E-state index contributed by atoms with van der Waals surface area (Å²) in [5.74, 6) is 0.683. The number of urea groups is 1. The van der Waals surface area contributed by atoms with E-state index in [1.165, 1.54) is 81.1 Å². The number of nitrogens with one attached hydrogen (secondary N) is 1. The first-order valence-electron chi connectivity index (χ1n) is 15.4. The number of anilines is 1. The van der Waals surface area contributed by atoms with Gasteiger partial charge in [0.1, 0.15) is 5.75 Å². The molecule has 0 aliphatic heterocycles. The van der Waals surface area contributed by atoms with Crippen LogP contribution in [0.1, 0.15) is 100.0 Å². The van der Waals surface area contributed by atoms with Crippen LogP contribution in [0.4, 0.5) is 10.5 Å². The average Bonchev–Trinajstić information content (AvgIpc) is 3.39. The van der Waals surface area contributed by atoms with Crippen LogP contribution in [0.15, 0.2) is 54.2 Å². The number of ether oxygens (including phenoxy) is 1. The van der Waals surface area contributed by atoms with E-state index < -0.39 is 0 Å². The van der Waals surface area contributed by atoms with Gasteiger partial charge in [-0.15, -0.1) is 0 Å². The maximum atomic E-state index is 12.8. The maximum absolute atomic E-state index is 12.8. The van der Waals surface area contributed by atoms with Gasteiger partial charge in [-0.1, -0.05) is 119 Å². The summed E-state index contributed by atoms with van der Waals surface area (Å²) in [5.41, 5.74) is 5.12. The third-order valence-corrected chi connectivity index (χ3v) is 8.55. The summed E-state index contributed by atoms with van der Waals surface area (Å²) >= 11 is 8.19. The number of thiazole rings is 1. The van der Waals surface area contributed by atoms with Crippen LogP contribution in [0.5, 0.6) is 5.75 Å². The van der Waals surface area contributed by atoms with Crippen LogP contribution in [0, 0.1) is 6.92 Å². The number of benzene rings is 2. The number of amides is 2. The Morgan fingerprint density at radius 1 is 0.905 bits per heavy atom. The smallest absolute Gasteiger partial charge is 0.321 e. The van der Waals surface area contributed by atoms with E-state index in [0.717, 1.165) is 24.2 Å². The lowest BCUT2D eigenvalue weighted by atomic mass is 10.1. The Kier molecular flexibility index (Phi) is 17.8. The van der Waals surface area contributed by atoms with E-state index in [1.807, 2.05) is 30.3 Å². The summed E-state index contributed by atoms with van der Waals surface area (Å²) in [6.07, 6.45) is 17.9. The van der Waals surface area contributed by atoms with Crippen LogP contribution in [-0.2, 0) is 13.1 Å². The van der Waals surface area contributed by atoms with Crippen LogP contribution < -0.4 is 36.5 Å². The van der Waals surface area contributed by atoms with E-state index in [4.69, 9.17) is 16.3 Å². The highest BCUT2D eigenvalue weighted by atomic mass is 79.9. The SMILES string of the molecule is CCCCCCCCCCCCCCOc1cc(CN(C(=O)NC)c2ccc(C[n+]3csc(C)c3)cc2)ccc1Cl.[Br-]. The summed E-state index contributed by atoms with van der Waals surface area (Å²) < 4.78 is 8.24. The van der Waals surface area contributed by atoms with Gasteiger partial charge in [-0.3, -0.25) is 4.90 Å². The molecule has 2 amide bonds. The number of hydrogen-bond donors (Lipinski definition) is 1. The zero-order valence-corrected chi connectivity index (χ0v) is 28.8. The Morgan fingerprint density at radius 2 is 1.50 bits per heavy atom. The predicted octanol–water partition coefficient (Wildman–Crippen LogP) is 6.48. The number of halogens is 2. The fourth-order valence-corrected chi connectivity index (χ4v) is 5.81. The van der Waals surface area contributed by atoms with Crippen LogP contribution in [-0.4, -0.2) is 19.7 Å². The topological polar surface area (TPSA) is 45.5 Å². The van der Waals surface area contributed by atoms with Crippen molar-refractivity contribution in [2.45, 2.75) is 104 Å². The minimum absolute atomic E-state index is 0. The van der Waals surface area contributed by atoms with Gasteiger partial charge in [0.15, 0.2) is 12.7 Å². The van der Waals surface area contributed by atoms with E-state index in [-0.39, 0.29) is 23.0 Å². The lowest BCUT2D eigenvalue weighted by Crippen LogP contribution is -3.00. The summed E-state index contributed by atoms with van der Waals surface area (Å²) in [7, 11) is 1.66. The third-order valence-electron chi connectivity index (χ3n) is 7.39. The van der Waals surface area contributed by atoms with E-state index in [2.05, 4.69) is 47.6 Å². The van der Waals surface area contributed by atoms with Gasteiger partial charge in [-0.25, -0.2) is 4.79 Å². The summed E-state index contributed by atoms with van der Waals surface area (Å²) in [6, 6.07) is 13.8. The van der Waals surface area contributed by atoms with Crippen molar-refractivity contribution in [1.82, 2.24) is 5.32 Å². The van der Waals surface area contributed by atoms with E-state index in [0.29, 0.717) is 23.9 Å². The fourth-order valence-electron chi connectivity index (χ4n) is 5.00. The molecule has 0 atom stereocenters. The molecule has 0 bridgehead atoms. The lowest BCUT2D eigenvalue weighted by molar-refractivity contribution is -0.683. The van der Waals surface area contributed by atoms with Crippen LogP contribution >= 0.6 is 22.9 Å². The summed E-state index contributed by atoms with van der Waals surface area (Å²) in [6.45, 7) is 6.26. The normalized spacial score (nSPS) is 10.8. The van der Waals surface area contributed by atoms with E-state index in [9.17, 15) is 4.79 Å². The minimum Gasteiger partial charge on any atom is -1.00 e. The Balaban J connectivity index is 0.00000616. The van der Waals surface area contributed by atoms with Crippen molar-refractivity contribution >= 4 is 34.7 Å². The molecule has 5 nitrogen and oxygen atoms in total. The Labute approximate surface area is 273 Å². The van der Waals surface area contributed by atoms with Gasteiger partial charge in [0, 0.05) is 18.3 Å². The molecular formula is C34H49BrClN3O2S. The van der Waals surface area contributed by atoms with Gasteiger partial charge in [-0.05, 0) is 43.2 Å². The molecule has 232 valence electrons. The van der Waals surface area contributed by atoms with Crippen molar-refractivity contribution in [3.63, 3.8) is 0 Å². The van der Waals surface area contributed by atoms with Crippen molar-refractivity contribution in [3.8, 4) is 5.75 Å². The number of unbranched alkanes of at least 4 members (excludes halogenated alkanes) is 11. The van der Waals surface area contributed by atoms with Gasteiger partial charge in [0.25, 0.3) is 0 Å². The molecule has 3 aromatic rings. The zero-order chi connectivity index (χ0) is 29.3. The summed E-state index contributed by atoms with van der Waals surface area (Å²) in [5, 5.41) is 3.38. The molecule has 2 aromatic carbocycles. The van der Waals surface area contributed by atoms with Crippen molar-refractivity contribution in [3.05, 3.63) is 75.2 Å². The highest BCUT2D eigenvalue weighted by molar-refractivity contribution is 7.09. The monoisotopic (exact) mass is 677 g/mol. The molecule has 42 heavy (non-hydrogen) atoms. The lowest BCUT2D eigenvalue weighted by Gasteiger charge is -2.23. The highest BCUT2D eigenvalue weighted by Crippen LogP contribution is 2.28. The fraction of sp³-hybridized carbons (Fsp3) is 0.529. The second-order valence-corrected chi connectivity index (χ2v) is 12.4. The average molecular weight is 679 g/mol. The predicted molar refractivity (Wildman–Crippen MR) is 173 cm³/mol. The Morgan fingerprint density at radius 3 is 2.07 bits per heavy atom. The van der Waals surface area contributed by atoms with Crippen molar-refractivity contribution in [1.29, 1.82) is 0 Å². The first kappa shape index (κ1) is 36.1. The number of aryl methyl sites for hydroxylation is 1. The number of carbonyl (C=O) groups excluding carboxylic acids is 1. The molecule has 0 aliphatic rings. The Hall–Kier alpha value is -2.09. The second kappa shape index (κ2) is 20.8. The van der Waals surface area contributed by atoms with Crippen LogP contribution in [0.25, 0.3) is 0 Å². The molecule has 0 saturated carbocycles. The minimum atomic E-state index is -0.158. The molecular weight excluding hydrogens is 630 g/mol. The molecule has 0 aliphatic carbocycles. The maximum Gasteiger partial charge on any atom is 0.321 e. The number of carbonyl (C=O) groups is 1. The van der Waals surface area contributed by atoms with Crippen LogP contribution in [0.3, 0.4) is 0 Å². The number of aromatic nitrogens is 1. The van der Waals surface area contributed by atoms with Crippen molar-refractivity contribution in [2.24, 2.45) is 0 Å². The first-order valence-corrected chi connectivity index (χ1v) is 16.7. The number of nitrogens with zero attached hydrogens (tertiary/aromatic N) is 2. The molecule has 0 unspecified atom stereocenters. The molecule has 0 saturated heterocycles. The largest absolute Gasteiger partial charge is 1.00 e. The van der Waals surface area contributed by atoms with Crippen LogP contribution in [0.2, 0.25) is 5.02 Å². The number of rotatable bonds is 19. The Bertz CT molecular complexity index is 1170. The van der Waals surface area contributed by atoms with Crippen molar-refractivity contribution in [2.75, 3.05) is 18.6 Å². The van der Waals surface area contributed by atoms with Gasteiger partial charge >= 0.3 is 6.03 Å². The third kappa shape index (κ3) is 13.0. The molecule has 0 spiro atoms. The molecule has 0 fully saturated rings. The van der Waals surface area contributed by atoms with Gasteiger partial charge in [-0.2, -0.15) is 4.57 Å². The quantitative estimate of drug-likeness (QED) is 0.117. The molecule has 1 aromatic heterocycles. The van der Waals surface area contributed by atoms with E-state index in [1.54, 1.807) is 23.3 Å². The zero-order valence-electron chi connectivity index (χ0n) is 25.7. The molecule has 1 heterocycles. The standard InChI is InChI=1S/C34H48ClN3O2S.BrH/c1-4-5-6-7-8-9-10-11-12-13-14-15-22-40-33-23-30(18-21-32(33)35)26-38(34(39)36-3)31-19-16-29(17-20-31)25-37-24-28(2)41-27-37;/h16-21,23-24,27H,4-15,22,25-26H2,1-3H3;1H. The second-order valence-electron chi connectivity index (χ2n) is 10.9. The highest BCUT2D eigenvalue weighted by Gasteiger charge is 2.17. The number of hydrogen-bond acceptors (Lipinski definition) is 3. The molecule has 8 heteroatoms. The van der Waals surface area contributed by atoms with E-state index >= 15 is 0 Å². The molecule has 1 N–H and O–H groups in total. The summed E-state index contributed by atoms with van der Waals surface area (Å²) in [4.78, 5) is 15.8. The van der Waals surface area contributed by atoms with Gasteiger partial charge in [0.2, 0.25) is 5.51 Å². The first-order chi connectivity index (χ1) is 20.0. The molecule has 0 radical (unpaired) electrons. The van der Waals surface area contributed by atoms with Crippen molar-refractivity contribution < 1.29 is 31.1 Å². The molecule has 3 rings (SSSR count). The van der Waals surface area contributed by atoms with Gasteiger partial charge < -0.3 is 27.0 Å². The van der Waals surface area contributed by atoms with Gasteiger partial charge in [0.05, 0.1) is 23.1 Å².